The molecular weight excluding hydrogens is 317 g/mol. The average molecular weight is 335 g/mol. The van der Waals surface area contributed by atoms with Crippen molar-refractivity contribution >= 4 is 11.9 Å². The Balaban J connectivity index is 1.98. The van der Waals surface area contributed by atoms with Gasteiger partial charge < -0.3 is 19.6 Å². The molecule has 2 rings (SSSR count). The lowest BCUT2D eigenvalue weighted by atomic mass is 10.2. The highest BCUT2D eigenvalue weighted by Gasteiger charge is 2.21. The van der Waals surface area contributed by atoms with E-state index in [1.807, 2.05) is 0 Å². The second-order valence-electron chi connectivity index (χ2n) is 5.15. The van der Waals surface area contributed by atoms with Crippen molar-refractivity contribution in [2.45, 2.75) is 32.9 Å². The summed E-state index contributed by atoms with van der Waals surface area (Å²) < 4.78 is 24.3. The maximum atomic E-state index is 13.6. The van der Waals surface area contributed by atoms with Gasteiger partial charge in [-0.05, 0) is 31.5 Å². The molecule has 6 nitrogen and oxygen atoms in total. The minimum Gasteiger partial charge on any atom is -0.478 e. The van der Waals surface area contributed by atoms with Crippen LogP contribution in [0.1, 0.15) is 35.2 Å². The summed E-state index contributed by atoms with van der Waals surface area (Å²) in [7, 11) is 0. The van der Waals surface area contributed by atoms with Crippen molar-refractivity contribution < 1.29 is 28.2 Å². The first-order chi connectivity index (χ1) is 11.4. The van der Waals surface area contributed by atoms with E-state index in [1.54, 1.807) is 13.0 Å². The van der Waals surface area contributed by atoms with Crippen LogP contribution < -0.4 is 10.1 Å². The van der Waals surface area contributed by atoms with Crippen molar-refractivity contribution in [3.63, 3.8) is 0 Å². The number of aryl methyl sites for hydroxylation is 1. The molecule has 2 aromatic rings. The first-order valence-corrected chi connectivity index (χ1v) is 7.43. The number of carbonyl (C=O) groups is 2. The summed E-state index contributed by atoms with van der Waals surface area (Å²) in [5.74, 6) is -1.49. The van der Waals surface area contributed by atoms with Gasteiger partial charge in [-0.2, -0.15) is 0 Å². The summed E-state index contributed by atoms with van der Waals surface area (Å²) in [6.07, 6.45) is -0.519. The zero-order chi connectivity index (χ0) is 17.7. The van der Waals surface area contributed by atoms with E-state index in [9.17, 15) is 14.0 Å². The maximum Gasteiger partial charge on any atom is 0.339 e. The van der Waals surface area contributed by atoms with Crippen molar-refractivity contribution in [2.24, 2.45) is 0 Å². The van der Waals surface area contributed by atoms with Gasteiger partial charge in [0, 0.05) is 0 Å². The summed E-state index contributed by atoms with van der Waals surface area (Å²) in [5, 5.41) is 11.6. The number of amides is 1. The van der Waals surface area contributed by atoms with Gasteiger partial charge in [-0.1, -0.05) is 19.1 Å². The van der Waals surface area contributed by atoms with Crippen LogP contribution in [0.5, 0.6) is 5.75 Å². The Morgan fingerprint density at radius 2 is 2.08 bits per heavy atom. The first-order valence-electron chi connectivity index (χ1n) is 7.43. The molecule has 1 atom stereocenters. The molecule has 24 heavy (non-hydrogen) atoms. The fourth-order valence-corrected chi connectivity index (χ4v) is 2.15. The van der Waals surface area contributed by atoms with Crippen LogP contribution in [0.15, 0.2) is 34.7 Å². The zero-order valence-corrected chi connectivity index (χ0v) is 13.3. The summed E-state index contributed by atoms with van der Waals surface area (Å²) in [6, 6.07) is 7.19. The van der Waals surface area contributed by atoms with Crippen LogP contribution in [0.25, 0.3) is 0 Å². The Kier molecular flexibility index (Phi) is 5.57. The minimum absolute atomic E-state index is 0.00139. The largest absolute Gasteiger partial charge is 0.478 e. The number of furan rings is 1. The van der Waals surface area contributed by atoms with Gasteiger partial charge in [-0.15, -0.1) is 0 Å². The van der Waals surface area contributed by atoms with Crippen LogP contribution in [0, 0.1) is 12.7 Å². The third-order valence-corrected chi connectivity index (χ3v) is 3.41. The number of nitrogens with one attached hydrogen (secondary N) is 1. The molecule has 1 amide bonds. The zero-order valence-electron chi connectivity index (χ0n) is 13.3. The second kappa shape index (κ2) is 7.63. The number of aromatic carboxylic acids is 1. The molecule has 0 radical (unpaired) electrons. The summed E-state index contributed by atoms with van der Waals surface area (Å²) >= 11 is 0. The number of hydrogen-bond acceptors (Lipinski definition) is 4. The van der Waals surface area contributed by atoms with Crippen molar-refractivity contribution in [3.8, 4) is 5.75 Å². The Morgan fingerprint density at radius 1 is 1.38 bits per heavy atom. The van der Waals surface area contributed by atoms with Gasteiger partial charge in [0.15, 0.2) is 17.7 Å². The van der Waals surface area contributed by atoms with E-state index in [0.29, 0.717) is 12.2 Å². The van der Waals surface area contributed by atoms with Crippen LogP contribution >= 0.6 is 0 Å². The van der Waals surface area contributed by atoms with Gasteiger partial charge in [0.25, 0.3) is 5.91 Å². The van der Waals surface area contributed by atoms with Gasteiger partial charge in [-0.25, -0.2) is 9.18 Å². The fraction of sp³-hybridized carbons (Fsp3) is 0.294. The average Bonchev–Trinajstić information content (AvgIpc) is 2.93. The first kappa shape index (κ1) is 17.5. The number of rotatable bonds is 7. The molecule has 2 N–H and O–H groups in total. The van der Waals surface area contributed by atoms with Crippen molar-refractivity contribution in [2.75, 3.05) is 0 Å². The van der Waals surface area contributed by atoms with Crippen molar-refractivity contribution in [1.29, 1.82) is 0 Å². The number of ether oxygens (including phenoxy) is 1. The van der Waals surface area contributed by atoms with Crippen LogP contribution in [-0.2, 0) is 11.3 Å². The highest BCUT2D eigenvalue weighted by Crippen LogP contribution is 2.18. The smallest absolute Gasteiger partial charge is 0.339 e. The molecule has 0 bridgehead atoms. The van der Waals surface area contributed by atoms with E-state index in [1.165, 1.54) is 31.2 Å². The lowest BCUT2D eigenvalue weighted by Gasteiger charge is -2.17. The van der Waals surface area contributed by atoms with E-state index in [4.69, 9.17) is 14.3 Å². The Bertz CT molecular complexity index is 740. The van der Waals surface area contributed by atoms with Crippen LogP contribution in [-0.4, -0.2) is 23.1 Å². The number of hydrogen-bond donors (Lipinski definition) is 2. The third kappa shape index (κ3) is 4.13. The topological polar surface area (TPSA) is 88.8 Å². The normalized spacial score (nSPS) is 11.8. The summed E-state index contributed by atoms with van der Waals surface area (Å²) in [6.45, 7) is 3.29. The molecule has 1 aromatic carbocycles. The molecule has 0 spiro atoms. The van der Waals surface area contributed by atoms with Crippen LogP contribution in [0.4, 0.5) is 4.39 Å². The van der Waals surface area contributed by atoms with E-state index in [-0.39, 0.29) is 23.6 Å². The van der Waals surface area contributed by atoms with Gasteiger partial charge in [0.1, 0.15) is 17.1 Å². The lowest BCUT2D eigenvalue weighted by molar-refractivity contribution is -0.128. The molecule has 0 aliphatic heterocycles. The highest BCUT2D eigenvalue weighted by atomic mass is 19.1. The minimum atomic E-state index is -1.09. The monoisotopic (exact) mass is 335 g/mol. The van der Waals surface area contributed by atoms with E-state index >= 15 is 0 Å². The third-order valence-electron chi connectivity index (χ3n) is 3.41. The molecule has 0 saturated heterocycles. The van der Waals surface area contributed by atoms with Crippen LogP contribution in [0.2, 0.25) is 0 Å². The van der Waals surface area contributed by atoms with Crippen molar-refractivity contribution in [1.82, 2.24) is 5.32 Å². The molecular formula is C17H18FNO5. The summed E-state index contributed by atoms with van der Waals surface area (Å²) in [5.41, 5.74) is 0.0499. The lowest BCUT2D eigenvalue weighted by Crippen LogP contribution is -2.37. The number of carboxylic acid groups (broad SMARTS) is 1. The Hall–Kier alpha value is -2.83. The number of halogens is 1. The highest BCUT2D eigenvalue weighted by molar-refractivity contribution is 5.88. The predicted molar refractivity (Wildman–Crippen MR) is 83.4 cm³/mol. The number of benzene rings is 1. The molecule has 0 aliphatic carbocycles. The van der Waals surface area contributed by atoms with Gasteiger partial charge >= 0.3 is 5.97 Å². The Morgan fingerprint density at radius 3 is 2.67 bits per heavy atom. The SMILES string of the molecule is CCC(Oc1ccccc1F)C(=O)NCc1cc(C(=O)O)c(C)o1. The second-order valence-corrected chi connectivity index (χ2v) is 5.15. The van der Waals surface area contributed by atoms with Crippen molar-refractivity contribution in [3.05, 3.63) is 53.2 Å². The van der Waals surface area contributed by atoms with E-state index < -0.39 is 23.8 Å². The van der Waals surface area contributed by atoms with E-state index in [0.717, 1.165) is 0 Å². The molecule has 128 valence electrons. The van der Waals surface area contributed by atoms with Crippen LogP contribution in [0.3, 0.4) is 0 Å². The van der Waals surface area contributed by atoms with Gasteiger partial charge in [0.2, 0.25) is 0 Å². The molecule has 1 unspecified atom stereocenters. The number of carboxylic acids is 1. The van der Waals surface area contributed by atoms with E-state index in [2.05, 4.69) is 5.32 Å². The molecule has 7 heteroatoms. The maximum absolute atomic E-state index is 13.6. The predicted octanol–water partition coefficient (Wildman–Crippen LogP) is 2.90. The quantitative estimate of drug-likeness (QED) is 0.812. The van der Waals surface area contributed by atoms with Gasteiger partial charge in [-0.3, -0.25) is 4.79 Å². The molecule has 0 saturated carbocycles. The number of para-hydroxylation sites is 1. The molecule has 0 fully saturated rings. The molecule has 1 aromatic heterocycles. The Labute approximate surface area is 138 Å². The van der Waals surface area contributed by atoms with Gasteiger partial charge in [0.05, 0.1) is 6.54 Å². The fourth-order valence-electron chi connectivity index (χ4n) is 2.15. The summed E-state index contributed by atoms with van der Waals surface area (Å²) in [4.78, 5) is 23.1. The number of carbonyl (C=O) groups excluding carboxylic acids is 1. The standard InChI is InChI=1S/C17H18FNO5/c1-3-14(24-15-7-5-4-6-13(15)18)16(20)19-9-11-8-12(17(21)22)10(2)23-11/h4-8,14H,3,9H2,1-2H3,(H,19,20)(H,21,22). The molecule has 1 heterocycles. The molecule has 0 aliphatic rings.